The standard InChI is InChI=1S/C18H21N3O3/c1-13-4-2-5-14(8-13)10-21(12-17(22)20-24)11-15-6-3-7-16(9-15)18(19)23/h2-9,24H,10-12H2,1H3,(H2,19,23)(H,20,22). The Kier molecular flexibility index (Phi) is 6.06. The highest BCUT2D eigenvalue weighted by Gasteiger charge is 2.13. The predicted octanol–water partition coefficient (Wildman–Crippen LogP) is 1.60. The van der Waals surface area contributed by atoms with Crippen molar-refractivity contribution in [3.8, 4) is 0 Å². The van der Waals surface area contributed by atoms with Gasteiger partial charge in [-0.1, -0.05) is 42.0 Å². The number of nitrogens with one attached hydrogen (secondary N) is 1. The quantitative estimate of drug-likeness (QED) is 0.532. The fraction of sp³-hybridized carbons (Fsp3) is 0.222. The fourth-order valence-corrected chi connectivity index (χ4v) is 2.56. The molecule has 0 fully saturated rings. The molecule has 0 aliphatic heterocycles. The number of rotatable bonds is 7. The smallest absolute Gasteiger partial charge is 0.257 e. The molecule has 0 bridgehead atoms. The van der Waals surface area contributed by atoms with Gasteiger partial charge in [0.15, 0.2) is 0 Å². The van der Waals surface area contributed by atoms with Crippen molar-refractivity contribution in [3.05, 3.63) is 70.8 Å². The highest BCUT2D eigenvalue weighted by atomic mass is 16.5. The lowest BCUT2D eigenvalue weighted by molar-refractivity contribution is -0.130. The maximum Gasteiger partial charge on any atom is 0.257 e. The number of nitrogens with zero attached hydrogens (tertiary/aromatic N) is 1. The Bertz CT molecular complexity index is 731. The average molecular weight is 327 g/mol. The zero-order chi connectivity index (χ0) is 17.5. The zero-order valence-corrected chi connectivity index (χ0v) is 13.5. The van der Waals surface area contributed by atoms with Crippen molar-refractivity contribution in [2.75, 3.05) is 6.54 Å². The van der Waals surface area contributed by atoms with Crippen LogP contribution in [-0.4, -0.2) is 28.5 Å². The Labute approximate surface area is 140 Å². The largest absolute Gasteiger partial charge is 0.366 e. The third kappa shape index (κ3) is 5.19. The second-order valence-corrected chi connectivity index (χ2v) is 5.73. The first kappa shape index (κ1) is 17.7. The lowest BCUT2D eigenvalue weighted by Gasteiger charge is -2.22. The molecule has 2 aromatic carbocycles. The predicted molar refractivity (Wildman–Crippen MR) is 90.2 cm³/mol. The van der Waals surface area contributed by atoms with Gasteiger partial charge in [0.2, 0.25) is 5.91 Å². The lowest BCUT2D eigenvalue weighted by atomic mass is 10.1. The lowest BCUT2D eigenvalue weighted by Crippen LogP contribution is -2.35. The van der Waals surface area contributed by atoms with Gasteiger partial charge in [0.05, 0.1) is 6.54 Å². The topological polar surface area (TPSA) is 95.7 Å². The van der Waals surface area contributed by atoms with Crippen molar-refractivity contribution >= 4 is 11.8 Å². The summed E-state index contributed by atoms with van der Waals surface area (Å²) >= 11 is 0. The minimum atomic E-state index is -0.492. The summed E-state index contributed by atoms with van der Waals surface area (Å²) in [7, 11) is 0. The molecular weight excluding hydrogens is 306 g/mol. The molecule has 2 amide bonds. The molecule has 6 nitrogen and oxygen atoms in total. The van der Waals surface area contributed by atoms with E-state index in [0.29, 0.717) is 18.7 Å². The van der Waals surface area contributed by atoms with E-state index in [1.807, 2.05) is 42.2 Å². The molecule has 2 rings (SSSR count). The number of aryl methyl sites for hydroxylation is 1. The van der Waals surface area contributed by atoms with Crippen molar-refractivity contribution in [3.63, 3.8) is 0 Å². The molecular formula is C18H21N3O3. The molecule has 2 aromatic rings. The summed E-state index contributed by atoms with van der Waals surface area (Å²) in [5, 5.41) is 8.79. The highest BCUT2D eigenvalue weighted by Crippen LogP contribution is 2.13. The van der Waals surface area contributed by atoms with Crippen LogP contribution in [0.5, 0.6) is 0 Å². The monoisotopic (exact) mass is 327 g/mol. The van der Waals surface area contributed by atoms with Crippen LogP contribution in [0.15, 0.2) is 48.5 Å². The second-order valence-electron chi connectivity index (χ2n) is 5.73. The first-order valence-electron chi connectivity index (χ1n) is 7.57. The number of hydrogen-bond acceptors (Lipinski definition) is 4. The fourth-order valence-electron chi connectivity index (χ4n) is 2.56. The normalized spacial score (nSPS) is 10.6. The number of benzene rings is 2. The van der Waals surface area contributed by atoms with Crippen LogP contribution in [0.25, 0.3) is 0 Å². The van der Waals surface area contributed by atoms with Crippen LogP contribution in [0.3, 0.4) is 0 Å². The third-order valence-electron chi connectivity index (χ3n) is 3.60. The summed E-state index contributed by atoms with van der Waals surface area (Å²) in [5.41, 5.74) is 10.4. The molecule has 0 aliphatic rings. The number of hydroxylamine groups is 1. The summed E-state index contributed by atoms with van der Waals surface area (Å²) < 4.78 is 0. The molecule has 126 valence electrons. The summed E-state index contributed by atoms with van der Waals surface area (Å²) in [4.78, 5) is 24.7. The molecule has 0 spiro atoms. The molecule has 0 atom stereocenters. The van der Waals surface area contributed by atoms with E-state index < -0.39 is 11.8 Å². The maximum atomic E-state index is 11.6. The number of hydrogen-bond donors (Lipinski definition) is 3. The van der Waals surface area contributed by atoms with E-state index in [1.165, 1.54) is 0 Å². The first-order valence-corrected chi connectivity index (χ1v) is 7.57. The van der Waals surface area contributed by atoms with Gasteiger partial charge in [-0.05, 0) is 30.2 Å². The molecule has 6 heteroatoms. The van der Waals surface area contributed by atoms with E-state index in [-0.39, 0.29) is 6.54 Å². The van der Waals surface area contributed by atoms with Crippen molar-refractivity contribution in [2.24, 2.45) is 5.73 Å². The molecule has 0 aliphatic carbocycles. The van der Waals surface area contributed by atoms with E-state index >= 15 is 0 Å². The summed E-state index contributed by atoms with van der Waals surface area (Å²) in [6.45, 7) is 3.02. The van der Waals surface area contributed by atoms with Gasteiger partial charge in [0.25, 0.3) is 5.91 Å². The van der Waals surface area contributed by atoms with E-state index in [9.17, 15) is 9.59 Å². The zero-order valence-electron chi connectivity index (χ0n) is 13.5. The summed E-state index contributed by atoms with van der Waals surface area (Å²) in [6, 6.07) is 15.0. The SMILES string of the molecule is Cc1cccc(CN(CC(=O)NO)Cc2cccc(C(N)=O)c2)c1. The van der Waals surface area contributed by atoms with Gasteiger partial charge < -0.3 is 5.73 Å². The molecule has 24 heavy (non-hydrogen) atoms. The molecule has 0 saturated heterocycles. The molecule has 0 aromatic heterocycles. The third-order valence-corrected chi connectivity index (χ3v) is 3.60. The Morgan fingerprint density at radius 2 is 1.71 bits per heavy atom. The van der Waals surface area contributed by atoms with Gasteiger partial charge in [-0.3, -0.25) is 19.7 Å². The van der Waals surface area contributed by atoms with Crippen LogP contribution < -0.4 is 11.2 Å². The van der Waals surface area contributed by atoms with Gasteiger partial charge >= 0.3 is 0 Å². The van der Waals surface area contributed by atoms with Crippen LogP contribution in [0, 0.1) is 6.92 Å². The molecule has 0 saturated carbocycles. The van der Waals surface area contributed by atoms with Gasteiger partial charge in [-0.25, -0.2) is 5.48 Å². The van der Waals surface area contributed by atoms with Crippen LogP contribution in [0.1, 0.15) is 27.0 Å². The van der Waals surface area contributed by atoms with Crippen LogP contribution in [-0.2, 0) is 17.9 Å². The van der Waals surface area contributed by atoms with E-state index in [2.05, 4.69) is 0 Å². The van der Waals surface area contributed by atoms with E-state index in [1.54, 1.807) is 23.7 Å². The maximum absolute atomic E-state index is 11.6. The van der Waals surface area contributed by atoms with Crippen molar-refractivity contribution in [1.82, 2.24) is 10.4 Å². The first-order chi connectivity index (χ1) is 11.5. The number of nitrogens with two attached hydrogens (primary N) is 1. The van der Waals surface area contributed by atoms with E-state index in [0.717, 1.165) is 16.7 Å². The molecule has 0 radical (unpaired) electrons. The Morgan fingerprint density at radius 3 is 2.29 bits per heavy atom. The van der Waals surface area contributed by atoms with E-state index in [4.69, 9.17) is 10.9 Å². The Balaban J connectivity index is 2.18. The Morgan fingerprint density at radius 1 is 1.08 bits per heavy atom. The number of primary amides is 1. The summed E-state index contributed by atoms with van der Waals surface area (Å²) in [6.07, 6.45) is 0. The second kappa shape index (κ2) is 8.24. The van der Waals surface area contributed by atoms with Crippen molar-refractivity contribution in [1.29, 1.82) is 0 Å². The number of amides is 2. The number of carbonyl (C=O) groups excluding carboxylic acids is 2. The molecule has 0 unspecified atom stereocenters. The Hall–Kier alpha value is -2.70. The van der Waals surface area contributed by atoms with Crippen molar-refractivity contribution in [2.45, 2.75) is 20.0 Å². The average Bonchev–Trinajstić information content (AvgIpc) is 2.55. The van der Waals surface area contributed by atoms with Crippen molar-refractivity contribution < 1.29 is 14.8 Å². The van der Waals surface area contributed by atoms with Crippen LogP contribution in [0.4, 0.5) is 0 Å². The minimum Gasteiger partial charge on any atom is -0.366 e. The van der Waals surface area contributed by atoms with Gasteiger partial charge in [-0.15, -0.1) is 0 Å². The number of carbonyl (C=O) groups is 2. The summed E-state index contributed by atoms with van der Waals surface area (Å²) in [5.74, 6) is -0.983. The minimum absolute atomic E-state index is 0.0330. The van der Waals surface area contributed by atoms with Crippen LogP contribution >= 0.6 is 0 Å². The van der Waals surface area contributed by atoms with Gasteiger partial charge in [0, 0.05) is 18.7 Å². The highest BCUT2D eigenvalue weighted by molar-refractivity contribution is 5.92. The molecule has 0 heterocycles. The van der Waals surface area contributed by atoms with Gasteiger partial charge in [0.1, 0.15) is 0 Å². The van der Waals surface area contributed by atoms with Crippen LogP contribution in [0.2, 0.25) is 0 Å². The molecule has 4 N–H and O–H groups in total. The van der Waals surface area contributed by atoms with Gasteiger partial charge in [-0.2, -0.15) is 0 Å².